The molecule has 1 aromatic heterocycles. The minimum Gasteiger partial charge on any atom is -0.247 e. The summed E-state index contributed by atoms with van der Waals surface area (Å²) in [5, 5.41) is 0. The van der Waals surface area contributed by atoms with E-state index < -0.39 is 8.24 Å². The van der Waals surface area contributed by atoms with Gasteiger partial charge in [-0.2, -0.15) is 0 Å². The predicted octanol–water partition coefficient (Wildman–Crippen LogP) is 2.79. The third-order valence-corrected chi connectivity index (χ3v) is 5.86. The summed E-state index contributed by atoms with van der Waals surface area (Å²) in [6, 6.07) is 0. The van der Waals surface area contributed by atoms with Gasteiger partial charge in [-0.3, -0.25) is 0 Å². The topological polar surface area (TPSA) is 9.86 Å². The first kappa shape index (κ1) is 9.13. The molecule has 66 valence electrons. The van der Waals surface area contributed by atoms with Crippen molar-refractivity contribution in [3.8, 4) is 0 Å². The van der Waals surface area contributed by atoms with Gasteiger partial charge in [0.15, 0.2) is 8.24 Å². The quantitative estimate of drug-likeness (QED) is 0.603. The van der Waals surface area contributed by atoms with E-state index in [9.17, 15) is 0 Å². The highest BCUT2D eigenvalue weighted by Crippen LogP contribution is 2.27. The molecule has 1 rings (SSSR count). The zero-order valence-corrected chi connectivity index (χ0v) is 10.1. The van der Waals surface area contributed by atoms with Gasteiger partial charge >= 0.3 is 0 Å². The Bertz CT molecular complexity index is 207. The number of aromatic nitrogens is 2. The third kappa shape index (κ3) is 1.99. The molecular formula is C7H18N2SSi. The molecule has 11 heavy (non-hydrogen) atoms. The first-order chi connectivity index (χ1) is 4.73. The molecular weight excluding hydrogens is 172 g/mol. The molecule has 1 heterocycles. The summed E-state index contributed by atoms with van der Waals surface area (Å²) in [7, 11) is -1.07. The minimum absolute atomic E-state index is 0.297. The number of hydrogen-bond acceptors (Lipinski definition) is 1. The van der Waals surface area contributed by atoms with Gasteiger partial charge < -0.3 is 0 Å². The van der Waals surface area contributed by atoms with Gasteiger partial charge in [0.2, 0.25) is 0 Å². The van der Waals surface area contributed by atoms with Crippen LogP contribution in [0.5, 0.6) is 0 Å². The Labute approximate surface area is 74.2 Å². The van der Waals surface area contributed by atoms with Crippen LogP contribution in [0.4, 0.5) is 0 Å². The zero-order valence-electron chi connectivity index (χ0n) is 8.30. The van der Waals surface area contributed by atoms with Crippen LogP contribution in [-0.2, 0) is 5.54 Å². The molecule has 2 nitrogen and oxygen atoms in total. The van der Waals surface area contributed by atoms with Crippen LogP contribution in [0.25, 0.3) is 0 Å². The fraction of sp³-hybridized carbons (Fsp3) is 1.00. The normalized spacial score (nSPS) is 14.4. The molecule has 0 atom stereocenters. The lowest BCUT2D eigenvalue weighted by molar-refractivity contribution is 0.404. The SMILES string of the molecule is CC(C)(C)n1sn1[Si](C)(C)C. The molecule has 0 fully saturated rings. The molecule has 0 aliphatic rings. The van der Waals surface area contributed by atoms with Gasteiger partial charge in [-0.1, -0.05) is 0 Å². The maximum atomic E-state index is 2.45. The summed E-state index contributed by atoms with van der Waals surface area (Å²) in [4.78, 5) is 0. The maximum Gasteiger partial charge on any atom is 0.191 e. The molecule has 0 bridgehead atoms. The molecule has 0 amide bonds. The standard InChI is InChI=1S/C7H18N2SSi/c1-7(2,3)8-9(10-8)11(4,5)6/h1-6H3. The number of nitrogens with zero attached hydrogens (tertiary/aromatic N) is 2. The van der Waals surface area contributed by atoms with E-state index in [0.29, 0.717) is 5.54 Å². The lowest BCUT2D eigenvalue weighted by Gasteiger charge is -2.17. The second kappa shape index (κ2) is 2.26. The molecule has 0 saturated heterocycles. The van der Waals surface area contributed by atoms with E-state index in [1.807, 2.05) is 11.7 Å². The smallest absolute Gasteiger partial charge is 0.191 e. The van der Waals surface area contributed by atoms with E-state index in [-0.39, 0.29) is 0 Å². The molecule has 0 aliphatic carbocycles. The molecule has 0 unspecified atom stereocenters. The Hall–Kier alpha value is 0.0369. The Morgan fingerprint density at radius 3 is 1.64 bits per heavy atom. The summed E-state index contributed by atoms with van der Waals surface area (Å²) in [6.45, 7) is 13.9. The van der Waals surface area contributed by atoms with Crippen LogP contribution < -0.4 is 0 Å². The van der Waals surface area contributed by atoms with E-state index in [0.717, 1.165) is 0 Å². The molecule has 0 aromatic carbocycles. The molecule has 0 aliphatic heterocycles. The lowest BCUT2D eigenvalue weighted by atomic mass is 10.1. The van der Waals surface area contributed by atoms with E-state index >= 15 is 0 Å². The highest BCUT2D eigenvalue weighted by molar-refractivity contribution is 7.12. The van der Waals surface area contributed by atoms with E-state index in [1.165, 1.54) is 0 Å². The van der Waals surface area contributed by atoms with Crippen LogP contribution in [0.15, 0.2) is 0 Å². The van der Waals surface area contributed by atoms with Crippen LogP contribution in [0.1, 0.15) is 20.8 Å². The summed E-state index contributed by atoms with van der Waals surface area (Å²) >= 11 is 1.88. The fourth-order valence-electron chi connectivity index (χ4n) is 0.847. The van der Waals surface area contributed by atoms with Gasteiger partial charge in [-0.15, -0.1) is 0 Å². The lowest BCUT2D eigenvalue weighted by Crippen LogP contribution is -2.32. The molecule has 0 radical (unpaired) electrons. The Balaban J connectivity index is 2.76. The van der Waals surface area contributed by atoms with Crippen LogP contribution in [0.2, 0.25) is 19.6 Å². The van der Waals surface area contributed by atoms with Gasteiger partial charge in [-0.25, -0.2) is 7.81 Å². The van der Waals surface area contributed by atoms with Crippen LogP contribution in [-0.4, -0.2) is 16.0 Å². The van der Waals surface area contributed by atoms with Crippen molar-refractivity contribution >= 4 is 20.0 Å². The van der Waals surface area contributed by atoms with Gasteiger partial charge in [-0.05, 0) is 40.4 Å². The minimum atomic E-state index is -1.07. The summed E-state index contributed by atoms with van der Waals surface area (Å²) in [5.41, 5.74) is 0.297. The highest BCUT2D eigenvalue weighted by atomic mass is 32.1. The van der Waals surface area contributed by atoms with Gasteiger partial charge in [0.25, 0.3) is 0 Å². The average molecular weight is 190 g/mol. The Morgan fingerprint density at radius 1 is 1.09 bits per heavy atom. The fourth-order valence-corrected chi connectivity index (χ4v) is 4.24. The van der Waals surface area contributed by atoms with Gasteiger partial charge in [0.1, 0.15) is 0 Å². The van der Waals surface area contributed by atoms with Crippen LogP contribution in [0.3, 0.4) is 0 Å². The summed E-state index contributed by atoms with van der Waals surface area (Å²) < 4.78 is 4.83. The van der Waals surface area contributed by atoms with E-state index in [4.69, 9.17) is 0 Å². The number of hydrogen-bond donors (Lipinski definition) is 0. The van der Waals surface area contributed by atoms with Gasteiger partial charge in [0.05, 0.1) is 5.54 Å². The second-order valence-corrected chi connectivity index (χ2v) is 10.9. The van der Waals surface area contributed by atoms with Crippen molar-refractivity contribution in [3.05, 3.63) is 0 Å². The Kier molecular flexibility index (Phi) is 1.88. The first-order valence-electron chi connectivity index (χ1n) is 4.01. The van der Waals surface area contributed by atoms with Crippen molar-refractivity contribution in [1.29, 1.82) is 0 Å². The first-order valence-corrected chi connectivity index (χ1v) is 8.19. The zero-order chi connectivity index (χ0) is 8.86. The van der Waals surface area contributed by atoms with Crippen LogP contribution >= 0.6 is 11.7 Å². The van der Waals surface area contributed by atoms with Crippen LogP contribution in [0, 0.1) is 0 Å². The largest absolute Gasteiger partial charge is 0.247 e. The maximum absolute atomic E-state index is 2.45. The van der Waals surface area contributed by atoms with Crippen molar-refractivity contribution in [2.45, 2.75) is 46.0 Å². The predicted molar refractivity (Wildman–Crippen MR) is 54.0 cm³/mol. The van der Waals surface area contributed by atoms with Crippen molar-refractivity contribution in [3.63, 3.8) is 0 Å². The molecule has 0 saturated carbocycles. The highest BCUT2D eigenvalue weighted by Gasteiger charge is 2.31. The number of rotatable bonds is 1. The van der Waals surface area contributed by atoms with E-state index in [2.05, 4.69) is 48.2 Å². The summed E-state index contributed by atoms with van der Waals surface area (Å²) in [5.74, 6) is 0. The average Bonchev–Trinajstić information content (AvgIpc) is 2.30. The van der Waals surface area contributed by atoms with Gasteiger partial charge in [0, 0.05) is 11.7 Å². The van der Waals surface area contributed by atoms with Crippen molar-refractivity contribution in [1.82, 2.24) is 7.81 Å². The molecule has 1 aromatic rings. The molecule has 0 spiro atoms. The van der Waals surface area contributed by atoms with Crippen molar-refractivity contribution in [2.24, 2.45) is 0 Å². The Morgan fingerprint density at radius 2 is 1.55 bits per heavy atom. The third-order valence-electron chi connectivity index (χ3n) is 1.44. The molecule has 0 N–H and O–H groups in total. The monoisotopic (exact) mass is 190 g/mol. The molecule has 4 heteroatoms. The summed E-state index contributed by atoms with van der Waals surface area (Å²) in [6.07, 6.45) is 0. The second-order valence-electron chi connectivity index (χ2n) is 4.97. The van der Waals surface area contributed by atoms with E-state index in [1.54, 1.807) is 0 Å². The van der Waals surface area contributed by atoms with Crippen molar-refractivity contribution < 1.29 is 0 Å². The van der Waals surface area contributed by atoms with Crippen molar-refractivity contribution in [2.75, 3.05) is 0 Å².